The molecule has 1 aromatic rings. The van der Waals surface area contributed by atoms with Crippen LogP contribution in [-0.4, -0.2) is 21.3 Å². The van der Waals surface area contributed by atoms with Gasteiger partial charge in [-0.15, -0.1) is 0 Å². The molecule has 0 aliphatic rings. The number of carboxylic acid groups (broad SMARTS) is 1. The average molecular weight is 294 g/mol. The van der Waals surface area contributed by atoms with Crippen molar-refractivity contribution in [3.63, 3.8) is 0 Å². The molecule has 0 fully saturated rings. The number of carbonyl (C=O) groups is 1. The Hall–Kier alpha value is -1.71. The molecule has 0 aliphatic carbocycles. The Balaban J connectivity index is 3.22. The molecule has 118 valence electrons. The standard InChI is InChI=1S/C17H26O4/c1-4-6-7-8-12(5-2)17(3,16(20)21)14-11-13(18)9-10-15(14)19/h9-12,18-19H,4-8H2,1-3H3,(H,20,21). The molecule has 0 amide bonds. The summed E-state index contributed by atoms with van der Waals surface area (Å²) in [7, 11) is 0. The van der Waals surface area contributed by atoms with Gasteiger partial charge in [0, 0.05) is 5.56 Å². The van der Waals surface area contributed by atoms with Gasteiger partial charge in [-0.2, -0.15) is 0 Å². The second-order valence-electron chi connectivity index (χ2n) is 5.81. The van der Waals surface area contributed by atoms with Crippen molar-refractivity contribution in [2.45, 2.75) is 58.3 Å². The predicted molar refractivity (Wildman–Crippen MR) is 82.7 cm³/mol. The Morgan fingerprint density at radius 1 is 1.24 bits per heavy atom. The topological polar surface area (TPSA) is 77.8 Å². The third kappa shape index (κ3) is 3.69. The van der Waals surface area contributed by atoms with E-state index in [1.54, 1.807) is 6.92 Å². The number of hydrogen-bond donors (Lipinski definition) is 3. The van der Waals surface area contributed by atoms with Crippen molar-refractivity contribution in [2.24, 2.45) is 5.92 Å². The minimum Gasteiger partial charge on any atom is -0.508 e. The Kier molecular flexibility index (Phi) is 6.06. The SMILES string of the molecule is CCCCCC(CC)C(C)(C(=O)O)c1cc(O)ccc1O. The monoisotopic (exact) mass is 294 g/mol. The Bertz CT molecular complexity index is 484. The molecule has 0 saturated carbocycles. The molecule has 4 heteroatoms. The van der Waals surface area contributed by atoms with Crippen molar-refractivity contribution in [2.75, 3.05) is 0 Å². The van der Waals surface area contributed by atoms with Gasteiger partial charge in [0.15, 0.2) is 0 Å². The smallest absolute Gasteiger partial charge is 0.314 e. The van der Waals surface area contributed by atoms with Gasteiger partial charge in [-0.25, -0.2) is 0 Å². The Labute approximate surface area is 126 Å². The van der Waals surface area contributed by atoms with Crippen LogP contribution in [0.15, 0.2) is 18.2 Å². The molecule has 0 aliphatic heterocycles. The maximum Gasteiger partial charge on any atom is 0.314 e. The van der Waals surface area contributed by atoms with Gasteiger partial charge < -0.3 is 15.3 Å². The number of phenols is 2. The Morgan fingerprint density at radius 3 is 2.43 bits per heavy atom. The van der Waals surface area contributed by atoms with Crippen LogP contribution in [0.25, 0.3) is 0 Å². The molecule has 0 aromatic heterocycles. The normalized spacial score (nSPS) is 15.4. The van der Waals surface area contributed by atoms with Crippen LogP contribution in [0.2, 0.25) is 0 Å². The number of phenolic OH excluding ortho intramolecular Hbond substituents is 2. The molecule has 4 nitrogen and oxygen atoms in total. The Morgan fingerprint density at radius 2 is 1.90 bits per heavy atom. The molecule has 1 aromatic carbocycles. The average Bonchev–Trinajstić information content (AvgIpc) is 2.45. The van der Waals surface area contributed by atoms with Crippen LogP contribution in [0.4, 0.5) is 0 Å². The van der Waals surface area contributed by atoms with Crippen molar-refractivity contribution in [3.05, 3.63) is 23.8 Å². The minimum atomic E-state index is -1.20. The molecule has 2 atom stereocenters. The minimum absolute atomic E-state index is 0.0290. The highest BCUT2D eigenvalue weighted by Crippen LogP contribution is 2.42. The van der Waals surface area contributed by atoms with Gasteiger partial charge in [-0.05, 0) is 37.5 Å². The first-order valence-electron chi connectivity index (χ1n) is 7.63. The zero-order chi connectivity index (χ0) is 16.0. The molecular formula is C17H26O4. The fourth-order valence-electron chi connectivity index (χ4n) is 2.99. The summed E-state index contributed by atoms with van der Waals surface area (Å²) in [6.07, 6.45) is 4.62. The molecule has 0 saturated heterocycles. The molecule has 3 N–H and O–H groups in total. The lowest BCUT2D eigenvalue weighted by Crippen LogP contribution is -2.40. The lowest BCUT2D eigenvalue weighted by Gasteiger charge is -2.34. The van der Waals surface area contributed by atoms with Gasteiger partial charge in [-0.3, -0.25) is 4.79 Å². The molecular weight excluding hydrogens is 268 g/mol. The van der Waals surface area contributed by atoms with E-state index in [2.05, 4.69) is 6.92 Å². The number of carboxylic acids is 1. The maximum absolute atomic E-state index is 11.9. The lowest BCUT2D eigenvalue weighted by atomic mass is 9.68. The summed E-state index contributed by atoms with van der Waals surface area (Å²) in [4.78, 5) is 11.9. The van der Waals surface area contributed by atoms with Crippen LogP contribution in [0, 0.1) is 5.92 Å². The van der Waals surface area contributed by atoms with E-state index in [1.807, 2.05) is 6.92 Å². The first kappa shape index (κ1) is 17.3. The molecule has 0 spiro atoms. The van der Waals surface area contributed by atoms with Crippen LogP contribution in [-0.2, 0) is 10.2 Å². The first-order valence-corrected chi connectivity index (χ1v) is 7.63. The highest BCUT2D eigenvalue weighted by Gasteiger charge is 2.43. The molecule has 0 radical (unpaired) electrons. The zero-order valence-corrected chi connectivity index (χ0v) is 13.1. The number of aliphatic carboxylic acids is 1. The van der Waals surface area contributed by atoms with Crippen molar-refractivity contribution < 1.29 is 20.1 Å². The van der Waals surface area contributed by atoms with Crippen LogP contribution in [0.5, 0.6) is 11.5 Å². The third-order valence-electron chi connectivity index (χ3n) is 4.45. The maximum atomic E-state index is 11.9. The summed E-state index contributed by atoms with van der Waals surface area (Å²) in [6, 6.07) is 4.08. The number of aromatic hydroxyl groups is 2. The summed E-state index contributed by atoms with van der Waals surface area (Å²) in [5.74, 6) is -1.16. The van der Waals surface area contributed by atoms with Gasteiger partial charge in [-0.1, -0.05) is 39.5 Å². The third-order valence-corrected chi connectivity index (χ3v) is 4.45. The van der Waals surface area contributed by atoms with Crippen LogP contribution in [0.3, 0.4) is 0 Å². The number of hydrogen-bond acceptors (Lipinski definition) is 3. The summed E-state index contributed by atoms with van der Waals surface area (Å²) in [5, 5.41) is 29.5. The summed E-state index contributed by atoms with van der Waals surface area (Å²) in [6.45, 7) is 5.72. The van der Waals surface area contributed by atoms with Crippen LogP contribution < -0.4 is 0 Å². The highest BCUT2D eigenvalue weighted by molar-refractivity contribution is 5.82. The van der Waals surface area contributed by atoms with Crippen LogP contribution in [0.1, 0.15) is 58.4 Å². The van der Waals surface area contributed by atoms with E-state index in [0.29, 0.717) is 12.0 Å². The lowest BCUT2D eigenvalue weighted by molar-refractivity contribution is -0.145. The van der Waals surface area contributed by atoms with Crippen molar-refractivity contribution in [1.82, 2.24) is 0 Å². The second kappa shape index (κ2) is 7.34. The van der Waals surface area contributed by atoms with Gasteiger partial charge in [0.1, 0.15) is 11.5 Å². The predicted octanol–water partition coefficient (Wildman–Crippen LogP) is 4.05. The largest absolute Gasteiger partial charge is 0.508 e. The van der Waals surface area contributed by atoms with Gasteiger partial charge >= 0.3 is 5.97 Å². The van der Waals surface area contributed by atoms with E-state index in [-0.39, 0.29) is 17.4 Å². The zero-order valence-electron chi connectivity index (χ0n) is 13.1. The number of rotatable bonds is 8. The number of benzene rings is 1. The van der Waals surface area contributed by atoms with Crippen LogP contribution >= 0.6 is 0 Å². The van der Waals surface area contributed by atoms with Crippen molar-refractivity contribution in [3.8, 4) is 11.5 Å². The van der Waals surface area contributed by atoms with E-state index < -0.39 is 11.4 Å². The molecule has 21 heavy (non-hydrogen) atoms. The van der Waals surface area contributed by atoms with E-state index in [9.17, 15) is 20.1 Å². The first-order chi connectivity index (χ1) is 9.87. The fraction of sp³-hybridized carbons (Fsp3) is 0.588. The van der Waals surface area contributed by atoms with Gasteiger partial charge in [0.25, 0.3) is 0 Å². The fourth-order valence-corrected chi connectivity index (χ4v) is 2.99. The molecule has 0 bridgehead atoms. The van der Waals surface area contributed by atoms with Crippen molar-refractivity contribution in [1.29, 1.82) is 0 Å². The van der Waals surface area contributed by atoms with Gasteiger partial charge in [0.2, 0.25) is 0 Å². The molecule has 1 rings (SSSR count). The highest BCUT2D eigenvalue weighted by atomic mass is 16.4. The van der Waals surface area contributed by atoms with Crippen molar-refractivity contribution >= 4 is 5.97 Å². The molecule has 2 unspecified atom stereocenters. The van der Waals surface area contributed by atoms with E-state index >= 15 is 0 Å². The second-order valence-corrected chi connectivity index (χ2v) is 5.81. The molecule has 0 heterocycles. The summed E-state index contributed by atoms with van der Waals surface area (Å²) >= 11 is 0. The quantitative estimate of drug-likeness (QED) is 0.499. The summed E-state index contributed by atoms with van der Waals surface area (Å²) < 4.78 is 0. The summed E-state index contributed by atoms with van der Waals surface area (Å²) in [5.41, 5.74) is -0.913. The van der Waals surface area contributed by atoms with E-state index in [0.717, 1.165) is 25.7 Å². The van der Waals surface area contributed by atoms with Gasteiger partial charge in [0.05, 0.1) is 5.41 Å². The van der Waals surface area contributed by atoms with E-state index in [4.69, 9.17) is 0 Å². The number of unbranched alkanes of at least 4 members (excludes halogenated alkanes) is 2. The van der Waals surface area contributed by atoms with E-state index in [1.165, 1.54) is 18.2 Å².